The van der Waals surface area contributed by atoms with Gasteiger partial charge >= 0.3 is 0 Å². The van der Waals surface area contributed by atoms with Crippen LogP contribution in [-0.2, 0) is 0 Å². The van der Waals surface area contributed by atoms with E-state index >= 15 is 0 Å². The number of rotatable bonds is 4. The van der Waals surface area contributed by atoms with Gasteiger partial charge in [0.2, 0.25) is 0 Å². The molecule has 2 aromatic carbocycles. The van der Waals surface area contributed by atoms with Crippen molar-refractivity contribution in [3.63, 3.8) is 0 Å². The lowest BCUT2D eigenvalue weighted by Gasteiger charge is -2.05. The number of phenolic OH excluding ortho intramolecular Hbond substituents is 2. The van der Waals surface area contributed by atoms with Gasteiger partial charge in [0, 0.05) is 16.5 Å². The van der Waals surface area contributed by atoms with Gasteiger partial charge in [-0.25, -0.2) is 0 Å². The minimum absolute atomic E-state index is 0.00621. The summed E-state index contributed by atoms with van der Waals surface area (Å²) in [6.07, 6.45) is 0. The molecule has 2 rings (SSSR count). The van der Waals surface area contributed by atoms with Gasteiger partial charge < -0.3 is 10.2 Å². The predicted octanol–water partition coefficient (Wildman–Crippen LogP) is 3.38. The van der Waals surface area contributed by atoms with Crippen LogP contribution in [0.5, 0.6) is 11.5 Å². The number of hydrogen-bond donors (Lipinski definition) is 2. The second-order valence-corrected chi connectivity index (χ2v) is 5.25. The number of aryl methyl sites for hydroxylation is 1. The quantitative estimate of drug-likeness (QED) is 0.663. The maximum atomic E-state index is 12.0. The fraction of sp³-hybridized carbons (Fsp3) is 0.133. The number of phenols is 2. The largest absolute Gasteiger partial charge is 0.508 e. The number of aromatic hydroxyl groups is 2. The molecule has 0 saturated carbocycles. The van der Waals surface area contributed by atoms with Crippen LogP contribution < -0.4 is 0 Å². The third kappa shape index (κ3) is 3.51. The van der Waals surface area contributed by atoms with Crippen molar-refractivity contribution in [2.45, 2.75) is 11.8 Å². The second kappa shape index (κ2) is 5.80. The van der Waals surface area contributed by atoms with Crippen molar-refractivity contribution in [1.82, 2.24) is 0 Å². The first-order chi connectivity index (χ1) is 9.06. The molecule has 2 aromatic rings. The molecule has 0 aliphatic carbocycles. The van der Waals surface area contributed by atoms with Crippen LogP contribution in [0, 0.1) is 6.92 Å². The summed E-state index contributed by atoms with van der Waals surface area (Å²) in [5, 5.41) is 18.8. The molecule has 0 unspecified atom stereocenters. The van der Waals surface area contributed by atoms with Crippen molar-refractivity contribution in [3.05, 3.63) is 53.6 Å². The van der Waals surface area contributed by atoms with E-state index in [0.29, 0.717) is 10.5 Å². The summed E-state index contributed by atoms with van der Waals surface area (Å²) in [6.45, 7) is 1.97. The Hall–Kier alpha value is -1.94. The Morgan fingerprint density at radius 3 is 2.42 bits per heavy atom. The van der Waals surface area contributed by atoms with Gasteiger partial charge in [0.05, 0.1) is 5.75 Å². The van der Waals surface area contributed by atoms with Crippen LogP contribution in [0.1, 0.15) is 15.9 Å². The lowest BCUT2D eigenvalue weighted by molar-refractivity contribution is 0.102. The Morgan fingerprint density at radius 2 is 1.79 bits per heavy atom. The highest BCUT2D eigenvalue weighted by molar-refractivity contribution is 8.00. The van der Waals surface area contributed by atoms with Crippen molar-refractivity contribution in [3.8, 4) is 11.5 Å². The van der Waals surface area contributed by atoms with Crippen molar-refractivity contribution >= 4 is 17.5 Å². The highest BCUT2D eigenvalue weighted by Crippen LogP contribution is 2.31. The number of hydrogen-bond acceptors (Lipinski definition) is 4. The Kier molecular flexibility index (Phi) is 4.12. The highest BCUT2D eigenvalue weighted by atomic mass is 32.2. The smallest absolute Gasteiger partial charge is 0.173 e. The lowest BCUT2D eigenvalue weighted by atomic mass is 10.1. The number of benzene rings is 2. The van der Waals surface area contributed by atoms with Gasteiger partial charge in [-0.2, -0.15) is 0 Å². The van der Waals surface area contributed by atoms with E-state index in [4.69, 9.17) is 0 Å². The van der Waals surface area contributed by atoms with Crippen LogP contribution in [-0.4, -0.2) is 21.7 Å². The van der Waals surface area contributed by atoms with Crippen LogP contribution in [0.3, 0.4) is 0 Å². The average molecular weight is 274 g/mol. The maximum Gasteiger partial charge on any atom is 0.173 e. The highest BCUT2D eigenvalue weighted by Gasteiger charge is 2.09. The third-order valence-electron chi connectivity index (χ3n) is 2.67. The summed E-state index contributed by atoms with van der Waals surface area (Å²) in [4.78, 5) is 12.5. The molecule has 0 saturated heterocycles. The van der Waals surface area contributed by atoms with Gasteiger partial charge in [-0.3, -0.25) is 4.79 Å². The van der Waals surface area contributed by atoms with E-state index in [1.165, 1.54) is 23.9 Å². The molecule has 0 fully saturated rings. The van der Waals surface area contributed by atoms with Gasteiger partial charge in [-0.05, 0) is 19.1 Å². The first-order valence-corrected chi connectivity index (χ1v) is 6.79. The number of carbonyl (C=O) groups is 1. The van der Waals surface area contributed by atoms with E-state index < -0.39 is 0 Å². The Balaban J connectivity index is 2.02. The van der Waals surface area contributed by atoms with Crippen molar-refractivity contribution in [2.75, 3.05) is 5.75 Å². The minimum atomic E-state index is -0.0123. The SMILES string of the molecule is Cc1ccc(C(=O)CSc2ccc(O)cc2O)cc1. The molecule has 0 aliphatic rings. The van der Waals surface area contributed by atoms with E-state index in [1.54, 1.807) is 18.2 Å². The Bertz CT molecular complexity index is 591. The predicted molar refractivity (Wildman–Crippen MR) is 76.0 cm³/mol. The van der Waals surface area contributed by atoms with E-state index in [0.717, 1.165) is 5.56 Å². The molecule has 0 aromatic heterocycles. The first-order valence-electron chi connectivity index (χ1n) is 5.81. The monoisotopic (exact) mass is 274 g/mol. The molecule has 0 heterocycles. The van der Waals surface area contributed by atoms with Crippen molar-refractivity contribution in [2.24, 2.45) is 0 Å². The number of ketones is 1. The van der Waals surface area contributed by atoms with Gasteiger partial charge in [-0.15, -0.1) is 11.8 Å². The van der Waals surface area contributed by atoms with Gasteiger partial charge in [0.15, 0.2) is 5.78 Å². The number of thioether (sulfide) groups is 1. The fourth-order valence-electron chi connectivity index (χ4n) is 1.59. The average Bonchev–Trinajstić information content (AvgIpc) is 2.38. The van der Waals surface area contributed by atoms with E-state index in [9.17, 15) is 15.0 Å². The van der Waals surface area contributed by atoms with Crippen molar-refractivity contribution in [1.29, 1.82) is 0 Å². The zero-order valence-electron chi connectivity index (χ0n) is 10.5. The van der Waals surface area contributed by atoms with Crippen LogP contribution in [0.4, 0.5) is 0 Å². The summed E-state index contributed by atoms with van der Waals surface area (Å²) in [5.74, 6) is 0.257. The molecule has 0 spiro atoms. The number of Topliss-reactive ketones (excluding diaryl/α,β-unsaturated/α-hetero) is 1. The molecule has 98 valence electrons. The zero-order valence-corrected chi connectivity index (χ0v) is 11.3. The summed E-state index contributed by atoms with van der Waals surface area (Å²) < 4.78 is 0. The molecular formula is C15H14O3S. The number of carbonyl (C=O) groups excluding carboxylic acids is 1. The Labute approximate surface area is 115 Å². The standard InChI is InChI=1S/C15H14O3S/c1-10-2-4-11(5-3-10)14(18)9-19-15-7-6-12(16)8-13(15)17/h2-8,16-17H,9H2,1H3. The van der Waals surface area contributed by atoms with Crippen LogP contribution >= 0.6 is 11.8 Å². The topological polar surface area (TPSA) is 57.5 Å². The van der Waals surface area contributed by atoms with Gasteiger partial charge in [0.1, 0.15) is 11.5 Å². The van der Waals surface area contributed by atoms with E-state index in [-0.39, 0.29) is 23.0 Å². The summed E-state index contributed by atoms with van der Waals surface area (Å²) >= 11 is 1.25. The molecule has 3 nitrogen and oxygen atoms in total. The third-order valence-corrected chi connectivity index (χ3v) is 3.74. The molecule has 0 radical (unpaired) electrons. The second-order valence-electron chi connectivity index (χ2n) is 4.23. The van der Waals surface area contributed by atoms with Gasteiger partial charge in [-0.1, -0.05) is 29.8 Å². The molecule has 0 atom stereocenters. The minimum Gasteiger partial charge on any atom is -0.508 e. The molecule has 4 heteroatoms. The summed E-state index contributed by atoms with van der Waals surface area (Å²) in [6, 6.07) is 11.7. The van der Waals surface area contributed by atoms with E-state index in [2.05, 4.69) is 0 Å². The van der Waals surface area contributed by atoms with Crippen LogP contribution in [0.25, 0.3) is 0 Å². The molecule has 0 amide bonds. The fourth-order valence-corrected chi connectivity index (χ4v) is 2.42. The normalized spacial score (nSPS) is 10.4. The van der Waals surface area contributed by atoms with E-state index in [1.807, 2.05) is 19.1 Å². The molecule has 0 bridgehead atoms. The van der Waals surface area contributed by atoms with Gasteiger partial charge in [0.25, 0.3) is 0 Å². The first kappa shape index (κ1) is 13.5. The Morgan fingerprint density at radius 1 is 1.11 bits per heavy atom. The molecule has 19 heavy (non-hydrogen) atoms. The van der Waals surface area contributed by atoms with Crippen molar-refractivity contribution < 1.29 is 15.0 Å². The summed E-state index contributed by atoms with van der Waals surface area (Å²) in [7, 11) is 0. The zero-order chi connectivity index (χ0) is 13.8. The maximum absolute atomic E-state index is 12.0. The van der Waals surface area contributed by atoms with Crippen LogP contribution in [0.15, 0.2) is 47.4 Å². The summed E-state index contributed by atoms with van der Waals surface area (Å²) in [5.41, 5.74) is 1.77. The lowest BCUT2D eigenvalue weighted by Crippen LogP contribution is -2.02. The molecule has 2 N–H and O–H groups in total. The van der Waals surface area contributed by atoms with Crippen LogP contribution in [0.2, 0.25) is 0 Å². The molecule has 0 aliphatic heterocycles. The molecular weight excluding hydrogens is 260 g/mol.